The topological polar surface area (TPSA) is 66.5 Å². The van der Waals surface area contributed by atoms with Crippen LogP contribution in [-0.2, 0) is 27.8 Å². The highest BCUT2D eigenvalue weighted by Crippen LogP contribution is 2.31. The fourth-order valence-corrected chi connectivity index (χ4v) is 5.98. The van der Waals surface area contributed by atoms with Crippen LogP contribution in [0.5, 0.6) is 0 Å². The molecule has 1 unspecified atom stereocenters. The van der Waals surface area contributed by atoms with E-state index in [2.05, 4.69) is 5.32 Å². The molecule has 0 spiro atoms. The minimum absolute atomic E-state index is 0.0611. The van der Waals surface area contributed by atoms with Crippen LogP contribution in [0.1, 0.15) is 37.8 Å². The molecule has 1 N–H and O–H groups in total. The number of benzene rings is 1. The quantitative estimate of drug-likeness (QED) is 0.821. The average molecular weight is 393 g/mol. The molecule has 1 atom stereocenters. The lowest BCUT2D eigenvalue weighted by Gasteiger charge is -2.35. The smallest absolute Gasteiger partial charge is 0.253 e. The van der Waals surface area contributed by atoms with Crippen molar-refractivity contribution in [3.05, 3.63) is 52.9 Å². The molecule has 0 fully saturated rings. The molecule has 140 valence electrons. The van der Waals surface area contributed by atoms with Crippen molar-refractivity contribution in [3.63, 3.8) is 0 Å². The molecule has 2 heterocycles. The summed E-state index contributed by atoms with van der Waals surface area (Å²) < 4.78 is 27.9. The summed E-state index contributed by atoms with van der Waals surface area (Å²) in [5.41, 5.74) is 1.99. The lowest BCUT2D eigenvalue weighted by Crippen LogP contribution is -2.54. The second-order valence-corrected chi connectivity index (χ2v) is 9.56. The van der Waals surface area contributed by atoms with Gasteiger partial charge in [-0.3, -0.25) is 4.79 Å². The molecule has 0 radical (unpaired) electrons. The summed E-state index contributed by atoms with van der Waals surface area (Å²) in [4.78, 5) is 12.9. The van der Waals surface area contributed by atoms with Crippen molar-refractivity contribution in [2.75, 3.05) is 0 Å². The molecule has 2 aromatic rings. The number of rotatable bonds is 6. The van der Waals surface area contributed by atoms with Crippen LogP contribution in [0.2, 0.25) is 0 Å². The Morgan fingerprint density at radius 2 is 1.88 bits per heavy atom. The van der Waals surface area contributed by atoms with E-state index in [-0.39, 0.29) is 22.7 Å². The number of fused-ring (bicyclic) bond motifs is 1. The van der Waals surface area contributed by atoms with Gasteiger partial charge in [0.1, 0.15) is 10.3 Å². The van der Waals surface area contributed by atoms with Crippen molar-refractivity contribution >= 4 is 27.3 Å². The number of carbonyl (C=O) groups is 1. The molecule has 1 amide bonds. The van der Waals surface area contributed by atoms with Crippen LogP contribution in [0.15, 0.2) is 46.0 Å². The van der Waals surface area contributed by atoms with Gasteiger partial charge in [-0.1, -0.05) is 44.2 Å². The summed E-state index contributed by atoms with van der Waals surface area (Å²) in [6.45, 7) is 4.26. The molecule has 1 aromatic carbocycles. The molecule has 7 heteroatoms. The number of hydrogen-bond donors (Lipinski definition) is 1. The Kier molecular flexibility index (Phi) is 5.79. The van der Waals surface area contributed by atoms with Crippen LogP contribution in [0.4, 0.5) is 0 Å². The van der Waals surface area contributed by atoms with Gasteiger partial charge in [-0.05, 0) is 41.8 Å². The fourth-order valence-electron chi connectivity index (χ4n) is 3.29. The van der Waals surface area contributed by atoms with E-state index in [0.29, 0.717) is 6.42 Å². The number of thiophene rings is 1. The van der Waals surface area contributed by atoms with Gasteiger partial charge < -0.3 is 5.32 Å². The number of nitrogens with one attached hydrogen (secondary N) is 1. The molecule has 0 aliphatic carbocycles. The highest BCUT2D eigenvalue weighted by molar-refractivity contribution is 7.91. The standard InChI is InChI=1S/C19H24N2O3S2/c1-3-16(4-2)20-19(22)17-12-14-8-5-6-9-15(14)13-21(17)26(23,24)18-10-7-11-25-18/h5-11,16-17H,3-4,12-13H2,1-2H3,(H,20,22). The molecule has 1 aromatic heterocycles. The van der Waals surface area contributed by atoms with E-state index in [9.17, 15) is 13.2 Å². The van der Waals surface area contributed by atoms with E-state index in [1.807, 2.05) is 38.1 Å². The van der Waals surface area contributed by atoms with Crippen LogP contribution in [0.25, 0.3) is 0 Å². The monoisotopic (exact) mass is 392 g/mol. The molecule has 1 aliphatic heterocycles. The lowest BCUT2D eigenvalue weighted by atomic mass is 9.95. The van der Waals surface area contributed by atoms with E-state index in [1.54, 1.807) is 17.5 Å². The Balaban J connectivity index is 1.97. The summed E-state index contributed by atoms with van der Waals surface area (Å²) in [5, 5.41) is 4.76. The highest BCUT2D eigenvalue weighted by atomic mass is 32.2. The third kappa shape index (κ3) is 3.70. The fraction of sp³-hybridized carbons (Fsp3) is 0.421. The van der Waals surface area contributed by atoms with Gasteiger partial charge in [-0.15, -0.1) is 11.3 Å². The predicted molar refractivity (Wildman–Crippen MR) is 103 cm³/mol. The van der Waals surface area contributed by atoms with Crippen molar-refractivity contribution in [2.45, 2.75) is 55.9 Å². The Morgan fingerprint density at radius 1 is 1.19 bits per heavy atom. The molecule has 1 aliphatic rings. The van der Waals surface area contributed by atoms with Gasteiger partial charge in [0.2, 0.25) is 5.91 Å². The van der Waals surface area contributed by atoms with Gasteiger partial charge in [-0.2, -0.15) is 4.31 Å². The van der Waals surface area contributed by atoms with Crippen molar-refractivity contribution in [1.29, 1.82) is 0 Å². The van der Waals surface area contributed by atoms with E-state index in [4.69, 9.17) is 0 Å². The minimum atomic E-state index is -3.71. The van der Waals surface area contributed by atoms with Crippen molar-refractivity contribution in [3.8, 4) is 0 Å². The van der Waals surface area contributed by atoms with Crippen molar-refractivity contribution in [2.24, 2.45) is 0 Å². The third-order valence-electron chi connectivity index (χ3n) is 4.90. The van der Waals surface area contributed by atoms with Gasteiger partial charge >= 0.3 is 0 Å². The maximum atomic E-state index is 13.2. The normalized spacial score (nSPS) is 17.9. The molecule has 3 rings (SSSR count). The first kappa shape index (κ1) is 19.1. The molecule has 5 nitrogen and oxygen atoms in total. The van der Waals surface area contributed by atoms with Gasteiger partial charge in [0.15, 0.2) is 0 Å². The second kappa shape index (κ2) is 7.90. The van der Waals surface area contributed by atoms with Gasteiger partial charge in [-0.25, -0.2) is 8.42 Å². The van der Waals surface area contributed by atoms with Crippen molar-refractivity contribution < 1.29 is 13.2 Å². The van der Waals surface area contributed by atoms with Gasteiger partial charge in [0, 0.05) is 12.6 Å². The van der Waals surface area contributed by atoms with E-state index >= 15 is 0 Å². The molecule has 0 saturated heterocycles. The second-order valence-electron chi connectivity index (χ2n) is 6.49. The van der Waals surface area contributed by atoms with Crippen molar-refractivity contribution in [1.82, 2.24) is 9.62 Å². The SMILES string of the molecule is CCC(CC)NC(=O)C1Cc2ccccc2CN1S(=O)(=O)c1cccs1. The van der Waals surface area contributed by atoms with Gasteiger partial charge in [0.05, 0.1) is 0 Å². The van der Waals surface area contributed by atoms with Crippen LogP contribution >= 0.6 is 11.3 Å². The largest absolute Gasteiger partial charge is 0.352 e. The van der Waals surface area contributed by atoms with Crippen LogP contribution in [0.3, 0.4) is 0 Å². The average Bonchev–Trinajstić information content (AvgIpc) is 3.20. The van der Waals surface area contributed by atoms with Gasteiger partial charge in [0.25, 0.3) is 10.0 Å². The zero-order valence-electron chi connectivity index (χ0n) is 15.0. The Bertz CT molecular complexity index is 859. The molecule has 26 heavy (non-hydrogen) atoms. The molecule has 0 saturated carbocycles. The maximum absolute atomic E-state index is 13.2. The van der Waals surface area contributed by atoms with E-state index in [0.717, 1.165) is 24.0 Å². The zero-order valence-corrected chi connectivity index (χ0v) is 16.6. The molecular weight excluding hydrogens is 368 g/mol. The highest BCUT2D eigenvalue weighted by Gasteiger charge is 2.40. The number of carbonyl (C=O) groups excluding carboxylic acids is 1. The Labute approximate surface area is 159 Å². The third-order valence-corrected chi connectivity index (χ3v) is 8.13. The predicted octanol–water partition coefficient (Wildman–Crippen LogP) is 3.17. The van der Waals surface area contributed by atoms with E-state index in [1.165, 1.54) is 15.6 Å². The summed E-state index contributed by atoms with van der Waals surface area (Å²) in [6.07, 6.45) is 2.04. The summed E-state index contributed by atoms with van der Waals surface area (Å²) in [5.74, 6) is -0.215. The number of sulfonamides is 1. The summed E-state index contributed by atoms with van der Waals surface area (Å²) in [6, 6.07) is 10.4. The number of amides is 1. The summed E-state index contributed by atoms with van der Waals surface area (Å²) in [7, 11) is -3.71. The summed E-state index contributed by atoms with van der Waals surface area (Å²) >= 11 is 1.18. The van der Waals surface area contributed by atoms with Crippen LogP contribution < -0.4 is 5.32 Å². The Morgan fingerprint density at radius 3 is 2.50 bits per heavy atom. The Hall–Kier alpha value is -1.70. The van der Waals surface area contributed by atoms with E-state index < -0.39 is 16.1 Å². The minimum Gasteiger partial charge on any atom is -0.352 e. The molecule has 0 bridgehead atoms. The van der Waals surface area contributed by atoms with Crippen LogP contribution in [0, 0.1) is 0 Å². The number of hydrogen-bond acceptors (Lipinski definition) is 4. The molecular formula is C19H24N2O3S2. The maximum Gasteiger partial charge on any atom is 0.253 e. The first-order valence-corrected chi connectivity index (χ1v) is 11.2. The number of nitrogens with zero attached hydrogens (tertiary/aromatic N) is 1. The zero-order chi connectivity index (χ0) is 18.7. The first-order chi connectivity index (χ1) is 12.5. The first-order valence-electron chi connectivity index (χ1n) is 8.89. The lowest BCUT2D eigenvalue weighted by molar-refractivity contribution is -0.126. The van der Waals surface area contributed by atoms with Crippen LogP contribution in [-0.4, -0.2) is 30.7 Å².